The summed E-state index contributed by atoms with van der Waals surface area (Å²) < 4.78 is 4.95. The van der Waals surface area contributed by atoms with Gasteiger partial charge in [0.25, 0.3) is 0 Å². The second-order valence-corrected chi connectivity index (χ2v) is 4.05. The molecular formula is C10H17NO4. The zero-order chi connectivity index (χ0) is 11.3. The fraction of sp³-hybridized carbons (Fsp3) is 0.900. The zero-order valence-electron chi connectivity index (χ0n) is 8.98. The van der Waals surface area contributed by atoms with E-state index in [9.17, 15) is 14.9 Å². The summed E-state index contributed by atoms with van der Waals surface area (Å²) in [6.45, 7) is 0.141. The Balaban J connectivity index is 2.59. The second-order valence-electron chi connectivity index (χ2n) is 4.05. The molecule has 0 N–H and O–H groups in total. The van der Waals surface area contributed by atoms with Crippen LogP contribution in [0, 0.1) is 22.0 Å². The summed E-state index contributed by atoms with van der Waals surface area (Å²) >= 11 is 0. The van der Waals surface area contributed by atoms with E-state index in [1.165, 1.54) is 7.11 Å². The van der Waals surface area contributed by atoms with Crippen molar-refractivity contribution < 1.29 is 14.5 Å². The molecule has 15 heavy (non-hydrogen) atoms. The highest BCUT2D eigenvalue weighted by Gasteiger charge is 2.33. The molecule has 0 aliphatic heterocycles. The molecule has 1 aliphatic carbocycles. The van der Waals surface area contributed by atoms with Gasteiger partial charge in [0.2, 0.25) is 6.54 Å². The summed E-state index contributed by atoms with van der Waals surface area (Å²) in [6, 6.07) is 0. The van der Waals surface area contributed by atoms with Crippen LogP contribution in [0.3, 0.4) is 0 Å². The first-order chi connectivity index (χ1) is 7.15. The Hall–Kier alpha value is -0.970. The van der Waals surface area contributed by atoms with E-state index in [0.29, 0.717) is 13.0 Å². The van der Waals surface area contributed by atoms with Crippen LogP contribution in [0.2, 0.25) is 0 Å². The number of nitro groups is 1. The standard InChI is InChI=1S/C10H17NO4/c1-15-7-8(6-11(13)14)9-4-2-3-5-10(9)12/h8-9H,2-7H2,1H3/t8-,9-/m0/s1. The molecule has 0 spiro atoms. The van der Waals surface area contributed by atoms with E-state index in [2.05, 4.69) is 0 Å². The highest BCUT2D eigenvalue weighted by Crippen LogP contribution is 2.27. The van der Waals surface area contributed by atoms with Crippen molar-refractivity contribution in [2.45, 2.75) is 25.7 Å². The predicted octanol–water partition coefficient (Wildman–Crippen LogP) is 1.28. The van der Waals surface area contributed by atoms with Gasteiger partial charge in [-0.05, 0) is 12.8 Å². The molecule has 0 heterocycles. The van der Waals surface area contributed by atoms with Gasteiger partial charge in [0.1, 0.15) is 5.78 Å². The molecule has 1 aliphatic rings. The number of hydrogen-bond acceptors (Lipinski definition) is 4. The Morgan fingerprint density at radius 3 is 2.87 bits per heavy atom. The van der Waals surface area contributed by atoms with Gasteiger partial charge in [0.15, 0.2) is 0 Å². The van der Waals surface area contributed by atoms with Crippen LogP contribution >= 0.6 is 0 Å². The molecule has 0 aromatic rings. The highest BCUT2D eigenvalue weighted by molar-refractivity contribution is 5.81. The molecule has 1 saturated carbocycles. The van der Waals surface area contributed by atoms with Gasteiger partial charge in [0, 0.05) is 24.4 Å². The Labute approximate surface area is 88.9 Å². The normalized spacial score (nSPS) is 23.8. The van der Waals surface area contributed by atoms with Gasteiger partial charge in [-0.1, -0.05) is 6.42 Å². The average molecular weight is 215 g/mol. The smallest absolute Gasteiger partial charge is 0.209 e. The van der Waals surface area contributed by atoms with Crippen LogP contribution < -0.4 is 0 Å². The lowest BCUT2D eigenvalue weighted by Crippen LogP contribution is -2.34. The number of hydrogen-bond donors (Lipinski definition) is 0. The van der Waals surface area contributed by atoms with Crippen LogP contribution in [0.15, 0.2) is 0 Å². The van der Waals surface area contributed by atoms with Gasteiger partial charge in [0.05, 0.1) is 12.5 Å². The number of Topliss-reactive ketones (excluding diaryl/α,β-unsaturated/α-hetero) is 1. The Kier molecular flexibility index (Phi) is 4.68. The molecule has 1 fully saturated rings. The van der Waals surface area contributed by atoms with Crippen molar-refractivity contribution in [3.8, 4) is 0 Å². The SMILES string of the molecule is COC[C@H](C[N+](=O)[O-])[C@@H]1CCCCC1=O. The Morgan fingerprint density at radius 2 is 2.33 bits per heavy atom. The molecule has 0 amide bonds. The third-order valence-electron chi connectivity index (χ3n) is 2.94. The fourth-order valence-corrected chi connectivity index (χ4v) is 2.21. The number of ketones is 1. The first kappa shape index (κ1) is 12.1. The lowest BCUT2D eigenvalue weighted by Gasteiger charge is -2.25. The third kappa shape index (κ3) is 3.58. The van der Waals surface area contributed by atoms with Crippen LogP contribution in [-0.2, 0) is 9.53 Å². The van der Waals surface area contributed by atoms with E-state index >= 15 is 0 Å². The third-order valence-corrected chi connectivity index (χ3v) is 2.94. The summed E-state index contributed by atoms with van der Waals surface area (Å²) in [5, 5.41) is 10.5. The van der Waals surface area contributed by atoms with E-state index in [1.54, 1.807) is 0 Å². The van der Waals surface area contributed by atoms with Gasteiger partial charge >= 0.3 is 0 Å². The van der Waals surface area contributed by atoms with Crippen LogP contribution in [0.25, 0.3) is 0 Å². The number of rotatable bonds is 5. The quantitative estimate of drug-likeness (QED) is 0.511. The van der Waals surface area contributed by atoms with Crippen LogP contribution in [0.4, 0.5) is 0 Å². The minimum absolute atomic E-state index is 0.162. The lowest BCUT2D eigenvalue weighted by molar-refractivity contribution is -0.490. The van der Waals surface area contributed by atoms with Gasteiger partial charge in [-0.15, -0.1) is 0 Å². The van der Waals surface area contributed by atoms with Crippen LogP contribution in [0.5, 0.6) is 0 Å². The van der Waals surface area contributed by atoms with Crippen molar-refractivity contribution in [2.24, 2.45) is 11.8 Å². The maximum atomic E-state index is 11.6. The largest absolute Gasteiger partial charge is 0.384 e. The van der Waals surface area contributed by atoms with Crippen molar-refractivity contribution in [1.82, 2.24) is 0 Å². The van der Waals surface area contributed by atoms with Crippen molar-refractivity contribution in [3.05, 3.63) is 10.1 Å². The first-order valence-electron chi connectivity index (χ1n) is 5.28. The molecule has 5 nitrogen and oxygen atoms in total. The average Bonchev–Trinajstić information content (AvgIpc) is 2.17. The molecule has 86 valence electrons. The first-order valence-corrected chi connectivity index (χ1v) is 5.28. The number of nitrogens with zero attached hydrogens (tertiary/aromatic N) is 1. The zero-order valence-corrected chi connectivity index (χ0v) is 8.98. The maximum absolute atomic E-state index is 11.6. The van der Waals surface area contributed by atoms with Gasteiger partial charge < -0.3 is 4.74 Å². The van der Waals surface area contributed by atoms with E-state index in [4.69, 9.17) is 4.74 Å². The Bertz CT molecular complexity index is 242. The molecule has 0 aromatic carbocycles. The maximum Gasteiger partial charge on any atom is 0.209 e. The molecule has 5 heteroatoms. The summed E-state index contributed by atoms with van der Waals surface area (Å²) in [7, 11) is 1.51. The predicted molar refractivity (Wildman–Crippen MR) is 54.2 cm³/mol. The summed E-state index contributed by atoms with van der Waals surface area (Å²) in [4.78, 5) is 21.7. The fourth-order valence-electron chi connectivity index (χ4n) is 2.21. The van der Waals surface area contributed by atoms with E-state index < -0.39 is 0 Å². The molecule has 0 radical (unpaired) electrons. The van der Waals surface area contributed by atoms with Crippen molar-refractivity contribution in [2.75, 3.05) is 20.3 Å². The van der Waals surface area contributed by atoms with Gasteiger partial charge in [-0.25, -0.2) is 0 Å². The molecule has 0 unspecified atom stereocenters. The monoisotopic (exact) mass is 215 g/mol. The van der Waals surface area contributed by atoms with E-state index in [-0.39, 0.29) is 29.1 Å². The highest BCUT2D eigenvalue weighted by atomic mass is 16.6. The Morgan fingerprint density at radius 1 is 1.60 bits per heavy atom. The number of methoxy groups -OCH3 is 1. The molecule has 0 saturated heterocycles. The molecule has 1 rings (SSSR count). The minimum atomic E-state index is -0.356. The minimum Gasteiger partial charge on any atom is -0.384 e. The topological polar surface area (TPSA) is 69.4 Å². The van der Waals surface area contributed by atoms with Gasteiger partial charge in [-0.2, -0.15) is 0 Å². The van der Waals surface area contributed by atoms with E-state index in [1.807, 2.05) is 0 Å². The van der Waals surface area contributed by atoms with Crippen molar-refractivity contribution >= 4 is 5.78 Å². The van der Waals surface area contributed by atoms with Crippen molar-refractivity contribution in [3.63, 3.8) is 0 Å². The van der Waals surface area contributed by atoms with E-state index in [0.717, 1.165) is 19.3 Å². The summed E-state index contributed by atoms with van der Waals surface area (Å²) in [5.74, 6) is -0.243. The van der Waals surface area contributed by atoms with Gasteiger partial charge in [-0.3, -0.25) is 14.9 Å². The summed E-state index contributed by atoms with van der Waals surface area (Å²) in [5.41, 5.74) is 0. The lowest BCUT2D eigenvalue weighted by atomic mass is 9.79. The summed E-state index contributed by atoms with van der Waals surface area (Å²) in [6.07, 6.45) is 3.27. The number of ether oxygens (including phenoxy) is 1. The molecular weight excluding hydrogens is 198 g/mol. The number of carbonyl (C=O) groups is 1. The van der Waals surface area contributed by atoms with Crippen molar-refractivity contribution in [1.29, 1.82) is 0 Å². The molecule has 0 aromatic heterocycles. The second kappa shape index (κ2) is 5.80. The molecule has 0 bridgehead atoms. The molecule has 2 atom stereocenters. The van der Waals surface area contributed by atoms with Crippen LogP contribution in [0.1, 0.15) is 25.7 Å². The number of carbonyl (C=O) groups excluding carboxylic acids is 1. The van der Waals surface area contributed by atoms with Crippen LogP contribution in [-0.4, -0.2) is 31.0 Å².